The first-order valence-electron chi connectivity index (χ1n) is 4.72. The SMILES string of the molecule is CNC(=S)N[NH+]=Cc1cc([N+](=O)[O-])c(O)cc1O. The van der Waals surface area contributed by atoms with Gasteiger partial charge in [-0.25, -0.2) is 0 Å². The highest BCUT2D eigenvalue weighted by Gasteiger charge is 2.17. The molecular weight excluding hydrogens is 260 g/mol. The van der Waals surface area contributed by atoms with Crippen LogP contribution in [0, 0.1) is 10.1 Å². The van der Waals surface area contributed by atoms with E-state index < -0.39 is 16.4 Å². The minimum atomic E-state index is -0.752. The Morgan fingerprint density at radius 1 is 1.50 bits per heavy atom. The Balaban J connectivity index is 2.99. The fraction of sp³-hybridized carbons (Fsp3) is 0.111. The normalized spacial score (nSPS) is 10.3. The van der Waals surface area contributed by atoms with Crippen molar-refractivity contribution in [3.05, 3.63) is 27.8 Å². The lowest BCUT2D eigenvalue weighted by Crippen LogP contribution is -2.82. The van der Waals surface area contributed by atoms with Gasteiger partial charge in [0.05, 0.1) is 10.5 Å². The number of nitrogens with zero attached hydrogens (tertiary/aromatic N) is 1. The van der Waals surface area contributed by atoms with E-state index in [1.54, 1.807) is 7.05 Å². The van der Waals surface area contributed by atoms with Gasteiger partial charge in [0.25, 0.3) is 0 Å². The molecule has 0 spiro atoms. The van der Waals surface area contributed by atoms with Gasteiger partial charge in [-0.15, -0.1) is 10.5 Å². The number of hydrazone groups is 1. The monoisotopic (exact) mass is 271 g/mol. The van der Waals surface area contributed by atoms with Crippen molar-refractivity contribution in [2.24, 2.45) is 0 Å². The van der Waals surface area contributed by atoms with E-state index in [1.165, 1.54) is 6.21 Å². The minimum absolute atomic E-state index is 0.130. The molecule has 5 N–H and O–H groups in total. The van der Waals surface area contributed by atoms with Crippen molar-refractivity contribution in [2.45, 2.75) is 0 Å². The first kappa shape index (κ1) is 13.6. The second kappa shape index (κ2) is 5.77. The zero-order chi connectivity index (χ0) is 13.7. The van der Waals surface area contributed by atoms with Gasteiger partial charge in [0.2, 0.25) is 11.3 Å². The molecule has 0 saturated carbocycles. The van der Waals surface area contributed by atoms with Crippen LogP contribution < -0.4 is 15.8 Å². The van der Waals surface area contributed by atoms with Crippen LogP contribution in [-0.2, 0) is 0 Å². The molecule has 9 heteroatoms. The molecule has 1 aromatic carbocycles. The number of nitro groups is 1. The van der Waals surface area contributed by atoms with Crippen molar-refractivity contribution < 1.29 is 20.2 Å². The highest BCUT2D eigenvalue weighted by molar-refractivity contribution is 7.80. The van der Waals surface area contributed by atoms with Crippen molar-refractivity contribution in [3.63, 3.8) is 0 Å². The van der Waals surface area contributed by atoms with E-state index in [0.29, 0.717) is 5.11 Å². The summed E-state index contributed by atoms with van der Waals surface area (Å²) in [6, 6.07) is 1.92. The van der Waals surface area contributed by atoms with Crippen LogP contribution in [-0.4, -0.2) is 33.5 Å². The maximum absolute atomic E-state index is 10.6. The van der Waals surface area contributed by atoms with Crippen molar-refractivity contribution in [1.29, 1.82) is 0 Å². The van der Waals surface area contributed by atoms with Crippen LogP contribution in [0.4, 0.5) is 5.69 Å². The third kappa shape index (κ3) is 3.28. The van der Waals surface area contributed by atoms with E-state index in [1.807, 2.05) is 0 Å². The molecule has 0 bridgehead atoms. The van der Waals surface area contributed by atoms with Gasteiger partial charge >= 0.3 is 5.69 Å². The number of aromatic hydroxyl groups is 2. The first-order valence-corrected chi connectivity index (χ1v) is 5.13. The number of rotatable bonds is 3. The number of benzene rings is 1. The molecule has 0 unspecified atom stereocenters. The van der Waals surface area contributed by atoms with E-state index >= 15 is 0 Å². The molecule has 8 nitrogen and oxygen atoms in total. The average molecular weight is 271 g/mol. The van der Waals surface area contributed by atoms with Gasteiger partial charge in [0.15, 0.2) is 5.75 Å². The lowest BCUT2D eigenvalue weighted by molar-refractivity contribution is -0.500. The smallest absolute Gasteiger partial charge is 0.311 e. The highest BCUT2D eigenvalue weighted by atomic mass is 32.1. The summed E-state index contributed by atoms with van der Waals surface area (Å²) < 4.78 is 0. The molecule has 0 aliphatic heterocycles. The maximum Gasteiger partial charge on any atom is 0.311 e. The predicted octanol–water partition coefficient (Wildman–Crippen LogP) is -1.49. The number of hydrogen-bond acceptors (Lipinski definition) is 5. The lowest BCUT2D eigenvalue weighted by atomic mass is 10.2. The Morgan fingerprint density at radius 2 is 2.17 bits per heavy atom. The predicted molar refractivity (Wildman–Crippen MR) is 67.3 cm³/mol. The van der Waals surface area contributed by atoms with Gasteiger partial charge in [-0.05, 0) is 12.2 Å². The molecule has 0 aliphatic carbocycles. The minimum Gasteiger partial charge on any atom is -0.507 e. The van der Waals surface area contributed by atoms with Crippen LogP contribution in [0.15, 0.2) is 12.1 Å². The van der Waals surface area contributed by atoms with Crippen molar-refractivity contribution in [1.82, 2.24) is 10.7 Å². The van der Waals surface area contributed by atoms with Crippen LogP contribution in [0.25, 0.3) is 0 Å². The molecule has 0 radical (unpaired) electrons. The molecule has 0 amide bonds. The molecule has 0 atom stereocenters. The number of thiocarbonyl (C=S) groups is 1. The summed E-state index contributed by atoms with van der Waals surface area (Å²) in [6.07, 6.45) is 1.27. The fourth-order valence-electron chi connectivity index (χ4n) is 1.09. The molecule has 1 rings (SSSR count). The molecule has 0 saturated heterocycles. The van der Waals surface area contributed by atoms with Crippen LogP contribution in [0.2, 0.25) is 0 Å². The highest BCUT2D eigenvalue weighted by Crippen LogP contribution is 2.31. The third-order valence-corrected chi connectivity index (χ3v) is 2.27. The summed E-state index contributed by atoms with van der Waals surface area (Å²) >= 11 is 4.78. The second-order valence-corrected chi connectivity index (χ2v) is 3.56. The standard InChI is InChI=1S/C9H10N4O4S/c1-10-9(18)12-11-4-5-2-6(13(16)17)8(15)3-7(5)14/h2-4,14-15H,1H3,(H2,10,12,18)/p+1. The van der Waals surface area contributed by atoms with Crippen molar-refractivity contribution >= 4 is 29.2 Å². The Kier molecular flexibility index (Phi) is 4.38. The van der Waals surface area contributed by atoms with Crippen molar-refractivity contribution in [2.75, 3.05) is 7.05 Å². The molecule has 1 aromatic rings. The summed E-state index contributed by atoms with van der Waals surface area (Å²) in [7, 11) is 1.61. The summed E-state index contributed by atoms with van der Waals surface area (Å²) in [5, 5.41) is 34.8. The van der Waals surface area contributed by atoms with Gasteiger partial charge < -0.3 is 15.5 Å². The lowest BCUT2D eigenvalue weighted by Gasteiger charge is -1.99. The van der Waals surface area contributed by atoms with Gasteiger partial charge in [-0.2, -0.15) is 0 Å². The summed E-state index contributed by atoms with van der Waals surface area (Å²) in [5.41, 5.74) is 2.17. The van der Waals surface area contributed by atoms with Gasteiger partial charge in [0, 0.05) is 19.2 Å². The van der Waals surface area contributed by atoms with Gasteiger partial charge in [-0.1, -0.05) is 0 Å². The molecule has 18 heavy (non-hydrogen) atoms. The zero-order valence-corrected chi connectivity index (χ0v) is 10.1. The largest absolute Gasteiger partial charge is 0.507 e. The van der Waals surface area contributed by atoms with E-state index in [9.17, 15) is 20.3 Å². The topological polar surface area (TPSA) is 122 Å². The number of phenolic OH excluding ortho intramolecular Hbond substituents is 2. The number of nitrogens with one attached hydrogen (secondary N) is 3. The van der Waals surface area contributed by atoms with E-state index in [-0.39, 0.29) is 11.3 Å². The van der Waals surface area contributed by atoms with E-state index in [0.717, 1.165) is 12.1 Å². The zero-order valence-electron chi connectivity index (χ0n) is 9.30. The first-order chi connectivity index (χ1) is 8.45. The van der Waals surface area contributed by atoms with Crippen LogP contribution in [0.5, 0.6) is 11.5 Å². The molecule has 0 aliphatic rings. The summed E-state index contributed by atoms with van der Waals surface area (Å²) in [6.45, 7) is 0. The Morgan fingerprint density at radius 3 is 2.72 bits per heavy atom. The fourth-order valence-corrected chi connectivity index (χ4v) is 1.14. The van der Waals surface area contributed by atoms with Gasteiger partial charge in [0.1, 0.15) is 5.75 Å². The van der Waals surface area contributed by atoms with Crippen molar-refractivity contribution in [3.8, 4) is 11.5 Å². The molecule has 96 valence electrons. The number of hydrogen-bond donors (Lipinski definition) is 5. The van der Waals surface area contributed by atoms with Crippen LogP contribution in [0.3, 0.4) is 0 Å². The molecule has 0 aromatic heterocycles. The molecule has 0 heterocycles. The average Bonchev–Trinajstić information content (AvgIpc) is 2.31. The van der Waals surface area contributed by atoms with Crippen LogP contribution >= 0.6 is 12.2 Å². The Labute approximate surface area is 107 Å². The summed E-state index contributed by atoms with van der Waals surface area (Å²) in [5.74, 6) is -0.906. The Hall–Kier alpha value is -2.42. The van der Waals surface area contributed by atoms with Gasteiger partial charge in [-0.3, -0.25) is 10.1 Å². The third-order valence-electron chi connectivity index (χ3n) is 1.96. The second-order valence-electron chi connectivity index (χ2n) is 3.15. The molecular formula is C9H11N4O4S+. The maximum atomic E-state index is 10.6. The van der Waals surface area contributed by atoms with E-state index in [4.69, 9.17) is 12.2 Å². The number of nitro benzene ring substituents is 1. The van der Waals surface area contributed by atoms with E-state index in [2.05, 4.69) is 15.8 Å². The molecule has 0 fully saturated rings. The number of hydrazine groups is 1. The Bertz CT molecular complexity index is 518. The number of phenols is 2. The quantitative estimate of drug-likeness (QED) is 0.196. The summed E-state index contributed by atoms with van der Waals surface area (Å²) in [4.78, 5) is 9.84. The van der Waals surface area contributed by atoms with Crippen LogP contribution in [0.1, 0.15) is 5.56 Å².